The molecular weight excluding hydrogens is 420 g/mol. The summed E-state index contributed by atoms with van der Waals surface area (Å²) in [5.74, 6) is 0.165. The van der Waals surface area contributed by atoms with Gasteiger partial charge in [0.15, 0.2) is 11.5 Å². The molecule has 0 aliphatic rings. The first kappa shape index (κ1) is 22.3. The lowest BCUT2D eigenvalue weighted by atomic mass is 10.0. The van der Waals surface area contributed by atoms with Gasteiger partial charge < -0.3 is 19.0 Å². The van der Waals surface area contributed by atoms with Crippen molar-refractivity contribution >= 4 is 16.9 Å². The van der Waals surface area contributed by atoms with Crippen molar-refractivity contribution in [3.05, 3.63) is 100 Å². The van der Waals surface area contributed by atoms with Crippen molar-refractivity contribution in [2.45, 2.75) is 18.9 Å². The summed E-state index contributed by atoms with van der Waals surface area (Å²) in [6.07, 6.45) is 0.143. The number of methoxy groups -OCH3 is 1. The van der Waals surface area contributed by atoms with Crippen molar-refractivity contribution in [2.75, 3.05) is 13.7 Å². The van der Waals surface area contributed by atoms with Gasteiger partial charge in [0, 0.05) is 37.6 Å². The van der Waals surface area contributed by atoms with Crippen LogP contribution >= 0.6 is 0 Å². The van der Waals surface area contributed by atoms with Crippen molar-refractivity contribution in [3.63, 3.8) is 0 Å². The average molecular weight is 444 g/mol. The Labute approximate surface area is 191 Å². The van der Waals surface area contributed by atoms with Crippen molar-refractivity contribution in [2.24, 2.45) is 0 Å². The fourth-order valence-electron chi connectivity index (χ4n) is 3.58. The predicted octanol–water partition coefficient (Wildman–Crippen LogP) is 4.72. The minimum absolute atomic E-state index is 0.0969. The van der Waals surface area contributed by atoms with E-state index < -0.39 is 12.1 Å². The molecule has 1 heterocycles. The number of carboxylic acid groups (broad SMARTS) is 1. The zero-order valence-corrected chi connectivity index (χ0v) is 18.2. The first-order chi connectivity index (χ1) is 16.0. The molecular formula is C27H24O6. The summed E-state index contributed by atoms with van der Waals surface area (Å²) in [5, 5.41) is 9.61. The molecule has 0 radical (unpaired) electrons. The highest BCUT2D eigenvalue weighted by atomic mass is 16.5. The predicted molar refractivity (Wildman–Crippen MR) is 126 cm³/mol. The van der Waals surface area contributed by atoms with Gasteiger partial charge in [-0.25, -0.2) is 4.79 Å². The van der Waals surface area contributed by atoms with Gasteiger partial charge in [-0.1, -0.05) is 54.6 Å². The van der Waals surface area contributed by atoms with Crippen molar-refractivity contribution in [1.82, 2.24) is 0 Å². The van der Waals surface area contributed by atoms with Gasteiger partial charge in [-0.2, -0.15) is 0 Å². The molecule has 6 heteroatoms. The lowest BCUT2D eigenvalue weighted by molar-refractivity contribution is -0.148. The van der Waals surface area contributed by atoms with E-state index in [0.29, 0.717) is 41.9 Å². The van der Waals surface area contributed by atoms with E-state index in [0.717, 1.165) is 16.7 Å². The second-order valence-corrected chi connectivity index (χ2v) is 7.68. The molecule has 0 saturated carbocycles. The van der Waals surface area contributed by atoms with E-state index in [9.17, 15) is 9.59 Å². The van der Waals surface area contributed by atoms with Crippen molar-refractivity contribution in [3.8, 4) is 17.1 Å². The van der Waals surface area contributed by atoms with Crippen LogP contribution in [0.1, 0.15) is 11.1 Å². The Bertz CT molecular complexity index is 1290. The molecule has 1 N–H and O–H groups in total. The Balaban J connectivity index is 1.41. The Hall–Kier alpha value is -3.90. The Morgan fingerprint density at radius 2 is 1.70 bits per heavy atom. The molecule has 0 amide bonds. The second kappa shape index (κ2) is 10.1. The van der Waals surface area contributed by atoms with Gasteiger partial charge in [-0.15, -0.1) is 0 Å². The molecule has 6 nitrogen and oxygen atoms in total. The zero-order valence-electron chi connectivity index (χ0n) is 18.2. The van der Waals surface area contributed by atoms with Crippen molar-refractivity contribution < 1.29 is 23.8 Å². The molecule has 0 saturated heterocycles. The molecule has 0 spiro atoms. The summed E-state index contributed by atoms with van der Waals surface area (Å²) >= 11 is 0. The minimum Gasteiger partial charge on any atom is -0.493 e. The van der Waals surface area contributed by atoms with Crippen LogP contribution in [0.2, 0.25) is 0 Å². The average Bonchev–Trinajstić information content (AvgIpc) is 2.83. The maximum Gasteiger partial charge on any atom is 0.333 e. The molecule has 1 aromatic heterocycles. The van der Waals surface area contributed by atoms with Gasteiger partial charge in [-0.05, 0) is 23.3 Å². The fraction of sp³-hybridized carbons (Fsp3) is 0.185. The first-order valence-electron chi connectivity index (χ1n) is 10.6. The molecule has 0 fully saturated rings. The molecule has 3 aromatic carbocycles. The first-order valence-corrected chi connectivity index (χ1v) is 10.6. The lowest BCUT2D eigenvalue weighted by Gasteiger charge is -2.11. The highest BCUT2D eigenvalue weighted by molar-refractivity contribution is 5.80. The van der Waals surface area contributed by atoms with Gasteiger partial charge in [-0.3, -0.25) is 4.79 Å². The number of carbonyl (C=O) groups is 1. The van der Waals surface area contributed by atoms with E-state index >= 15 is 0 Å². The Kier molecular flexibility index (Phi) is 6.86. The number of aliphatic carboxylic acids is 1. The third kappa shape index (κ3) is 5.48. The summed E-state index contributed by atoms with van der Waals surface area (Å²) in [6.45, 7) is 0.448. The van der Waals surface area contributed by atoms with Crippen LogP contribution in [0, 0.1) is 0 Å². The van der Waals surface area contributed by atoms with Gasteiger partial charge in [0.05, 0.1) is 12.0 Å². The van der Waals surface area contributed by atoms with E-state index in [4.69, 9.17) is 19.0 Å². The Morgan fingerprint density at radius 3 is 2.39 bits per heavy atom. The summed E-state index contributed by atoms with van der Waals surface area (Å²) in [7, 11) is 1.39. The highest BCUT2D eigenvalue weighted by Crippen LogP contribution is 2.25. The van der Waals surface area contributed by atoms with Gasteiger partial charge >= 0.3 is 5.97 Å². The molecule has 4 rings (SSSR count). The third-order valence-corrected chi connectivity index (χ3v) is 5.42. The summed E-state index contributed by atoms with van der Waals surface area (Å²) in [6, 6.07) is 23.9. The summed E-state index contributed by atoms with van der Waals surface area (Å²) < 4.78 is 16.8. The van der Waals surface area contributed by atoms with Crippen LogP contribution in [0.25, 0.3) is 22.3 Å². The van der Waals surface area contributed by atoms with Gasteiger partial charge in [0.1, 0.15) is 17.1 Å². The smallest absolute Gasteiger partial charge is 0.333 e. The highest BCUT2D eigenvalue weighted by Gasteiger charge is 2.16. The zero-order chi connectivity index (χ0) is 23.2. The molecule has 0 bridgehead atoms. The molecule has 0 aliphatic carbocycles. The maximum atomic E-state index is 12.5. The van der Waals surface area contributed by atoms with Crippen LogP contribution in [0.15, 0.2) is 88.1 Å². The largest absolute Gasteiger partial charge is 0.493 e. The van der Waals surface area contributed by atoms with Crippen LogP contribution in [0.4, 0.5) is 0 Å². The van der Waals surface area contributed by atoms with Crippen LogP contribution in [-0.4, -0.2) is 30.9 Å². The van der Waals surface area contributed by atoms with Gasteiger partial charge in [0.2, 0.25) is 0 Å². The second-order valence-electron chi connectivity index (χ2n) is 7.68. The fourth-order valence-corrected chi connectivity index (χ4v) is 3.58. The van der Waals surface area contributed by atoms with Crippen molar-refractivity contribution in [1.29, 1.82) is 0 Å². The SMILES string of the molecule is CO[C@@H](Cc1ccc(CCOc2ccc3c(=O)cc(-c4ccccc4)oc3c2)cc1)C(=O)O. The number of fused-ring (bicyclic) bond motifs is 1. The molecule has 168 valence electrons. The molecule has 33 heavy (non-hydrogen) atoms. The van der Waals surface area contributed by atoms with Crippen LogP contribution in [-0.2, 0) is 22.4 Å². The number of rotatable bonds is 9. The molecule has 1 atom stereocenters. The third-order valence-electron chi connectivity index (χ3n) is 5.42. The standard InChI is InChI=1S/C27H24O6/c1-31-26(27(29)30)15-19-9-7-18(8-10-19)13-14-32-21-11-12-22-23(28)17-24(33-25(22)16-21)20-5-3-2-4-6-20/h2-12,16-17,26H,13-15H2,1H3,(H,29,30)/t26-/m0/s1. The topological polar surface area (TPSA) is 86.0 Å². The normalized spacial score (nSPS) is 11.9. The number of hydrogen-bond donors (Lipinski definition) is 1. The molecule has 0 aliphatic heterocycles. The van der Waals surface area contributed by atoms with Crippen LogP contribution in [0.5, 0.6) is 5.75 Å². The lowest BCUT2D eigenvalue weighted by Crippen LogP contribution is -2.24. The van der Waals surface area contributed by atoms with E-state index in [2.05, 4.69) is 0 Å². The minimum atomic E-state index is -0.975. The van der Waals surface area contributed by atoms with Crippen LogP contribution in [0.3, 0.4) is 0 Å². The Morgan fingerprint density at radius 1 is 0.970 bits per heavy atom. The number of carboxylic acids is 1. The monoisotopic (exact) mass is 444 g/mol. The summed E-state index contributed by atoms with van der Waals surface area (Å²) in [5.41, 5.74) is 3.19. The summed E-state index contributed by atoms with van der Waals surface area (Å²) in [4.78, 5) is 23.6. The maximum absolute atomic E-state index is 12.5. The van der Waals surface area contributed by atoms with Gasteiger partial charge in [0.25, 0.3) is 0 Å². The molecule has 4 aromatic rings. The number of ether oxygens (including phenoxy) is 2. The number of hydrogen-bond acceptors (Lipinski definition) is 5. The van der Waals surface area contributed by atoms with E-state index in [1.165, 1.54) is 13.2 Å². The molecule has 0 unspecified atom stereocenters. The van der Waals surface area contributed by atoms with E-state index in [1.807, 2.05) is 54.6 Å². The quantitative estimate of drug-likeness (QED) is 0.402. The van der Waals surface area contributed by atoms with E-state index in [1.54, 1.807) is 18.2 Å². The van der Waals surface area contributed by atoms with E-state index in [-0.39, 0.29) is 5.43 Å². The number of benzene rings is 3. The van der Waals surface area contributed by atoms with Crippen LogP contribution < -0.4 is 10.2 Å².